The van der Waals surface area contributed by atoms with Crippen molar-refractivity contribution in [2.45, 2.75) is 59.0 Å². The zero-order valence-electron chi connectivity index (χ0n) is 11.4. The Morgan fingerprint density at radius 3 is 2.65 bits per heavy atom. The first-order chi connectivity index (χ1) is 8.10. The standard InChI is InChI=1S/C14H24N2O/c1-6-8-9-13(7-2)15-10(3)14-11(4)16-17-12(14)5/h6,10,13,15H,1,7-9H2,2-5H3/t10-,13-/m0/s1. The van der Waals surface area contributed by atoms with Gasteiger partial charge < -0.3 is 9.84 Å². The van der Waals surface area contributed by atoms with Gasteiger partial charge in [0.05, 0.1) is 5.69 Å². The van der Waals surface area contributed by atoms with Gasteiger partial charge in [-0.3, -0.25) is 0 Å². The lowest BCUT2D eigenvalue weighted by Crippen LogP contribution is -2.31. The summed E-state index contributed by atoms with van der Waals surface area (Å²) in [6, 6.07) is 0.813. The second kappa shape index (κ2) is 6.60. The zero-order chi connectivity index (χ0) is 12.8. The summed E-state index contributed by atoms with van der Waals surface area (Å²) in [5.74, 6) is 0.918. The summed E-state index contributed by atoms with van der Waals surface area (Å²) in [5, 5.41) is 7.64. The van der Waals surface area contributed by atoms with E-state index in [1.54, 1.807) is 0 Å². The molecule has 0 aliphatic carbocycles. The summed E-state index contributed by atoms with van der Waals surface area (Å²) in [4.78, 5) is 0. The van der Waals surface area contributed by atoms with Gasteiger partial charge in [0.1, 0.15) is 5.76 Å². The van der Waals surface area contributed by atoms with Gasteiger partial charge >= 0.3 is 0 Å². The van der Waals surface area contributed by atoms with Gasteiger partial charge in [0.2, 0.25) is 0 Å². The monoisotopic (exact) mass is 236 g/mol. The Morgan fingerprint density at radius 1 is 1.47 bits per heavy atom. The van der Waals surface area contributed by atoms with E-state index in [-0.39, 0.29) is 6.04 Å². The molecule has 0 bridgehead atoms. The number of allylic oxidation sites excluding steroid dienone is 1. The molecule has 0 saturated heterocycles. The molecule has 1 aromatic heterocycles. The number of aryl methyl sites for hydroxylation is 2. The van der Waals surface area contributed by atoms with Gasteiger partial charge in [0.15, 0.2) is 0 Å². The second-order valence-electron chi connectivity index (χ2n) is 4.60. The summed E-state index contributed by atoms with van der Waals surface area (Å²) in [7, 11) is 0. The van der Waals surface area contributed by atoms with Crippen LogP contribution in [-0.2, 0) is 0 Å². The van der Waals surface area contributed by atoms with Crippen molar-refractivity contribution >= 4 is 0 Å². The minimum Gasteiger partial charge on any atom is -0.361 e. The van der Waals surface area contributed by atoms with Crippen LogP contribution in [-0.4, -0.2) is 11.2 Å². The highest BCUT2D eigenvalue weighted by Gasteiger charge is 2.18. The topological polar surface area (TPSA) is 38.1 Å². The van der Waals surface area contributed by atoms with E-state index in [0.29, 0.717) is 6.04 Å². The normalized spacial score (nSPS) is 14.6. The molecule has 0 aliphatic rings. The quantitative estimate of drug-likeness (QED) is 0.734. The number of rotatable bonds is 7. The minimum atomic E-state index is 0.288. The smallest absolute Gasteiger partial charge is 0.138 e. The van der Waals surface area contributed by atoms with Crippen molar-refractivity contribution < 1.29 is 4.52 Å². The lowest BCUT2D eigenvalue weighted by atomic mass is 10.0. The maximum Gasteiger partial charge on any atom is 0.138 e. The number of nitrogens with zero attached hydrogens (tertiary/aromatic N) is 1. The fraction of sp³-hybridized carbons (Fsp3) is 0.643. The van der Waals surface area contributed by atoms with E-state index in [4.69, 9.17) is 4.52 Å². The lowest BCUT2D eigenvalue weighted by molar-refractivity contribution is 0.386. The van der Waals surface area contributed by atoms with E-state index in [2.05, 4.69) is 30.9 Å². The first-order valence-corrected chi connectivity index (χ1v) is 6.39. The predicted molar refractivity (Wildman–Crippen MR) is 71.0 cm³/mol. The first-order valence-electron chi connectivity index (χ1n) is 6.39. The third-order valence-electron chi connectivity index (χ3n) is 3.22. The van der Waals surface area contributed by atoms with Gasteiger partial charge in [0, 0.05) is 17.6 Å². The van der Waals surface area contributed by atoms with E-state index >= 15 is 0 Å². The molecule has 0 unspecified atom stereocenters. The average molecular weight is 236 g/mol. The van der Waals surface area contributed by atoms with E-state index in [9.17, 15) is 0 Å². The molecular formula is C14H24N2O. The van der Waals surface area contributed by atoms with E-state index in [1.165, 1.54) is 5.56 Å². The summed E-state index contributed by atoms with van der Waals surface area (Å²) in [6.45, 7) is 12.1. The Hall–Kier alpha value is -1.09. The maximum absolute atomic E-state index is 5.21. The number of hydrogen-bond donors (Lipinski definition) is 1. The molecule has 0 saturated carbocycles. The summed E-state index contributed by atoms with van der Waals surface area (Å²) in [6.07, 6.45) is 5.29. The molecule has 0 fully saturated rings. The van der Waals surface area contributed by atoms with E-state index in [1.807, 2.05) is 19.9 Å². The van der Waals surface area contributed by atoms with Crippen LogP contribution in [0.3, 0.4) is 0 Å². The van der Waals surface area contributed by atoms with Gasteiger partial charge in [-0.1, -0.05) is 18.2 Å². The minimum absolute atomic E-state index is 0.288. The van der Waals surface area contributed by atoms with Crippen molar-refractivity contribution in [3.8, 4) is 0 Å². The van der Waals surface area contributed by atoms with Crippen LogP contribution in [0, 0.1) is 13.8 Å². The Morgan fingerprint density at radius 2 is 2.18 bits per heavy atom. The molecule has 1 heterocycles. The molecule has 0 aromatic carbocycles. The molecule has 1 aromatic rings. The highest BCUT2D eigenvalue weighted by Crippen LogP contribution is 2.22. The molecule has 96 valence electrons. The van der Waals surface area contributed by atoms with Gasteiger partial charge in [0.25, 0.3) is 0 Å². The third-order valence-corrected chi connectivity index (χ3v) is 3.22. The van der Waals surface area contributed by atoms with Crippen LogP contribution >= 0.6 is 0 Å². The van der Waals surface area contributed by atoms with Gasteiger partial charge in [-0.05, 0) is 40.0 Å². The van der Waals surface area contributed by atoms with Crippen molar-refractivity contribution in [2.75, 3.05) is 0 Å². The maximum atomic E-state index is 5.21. The van der Waals surface area contributed by atoms with Crippen molar-refractivity contribution in [2.24, 2.45) is 0 Å². The molecule has 1 rings (SSSR count). The summed E-state index contributed by atoms with van der Waals surface area (Å²) in [5.41, 5.74) is 2.18. The molecule has 1 N–H and O–H groups in total. The highest BCUT2D eigenvalue weighted by molar-refractivity contribution is 5.24. The van der Waals surface area contributed by atoms with E-state index < -0.39 is 0 Å². The van der Waals surface area contributed by atoms with Crippen LogP contribution in [0.15, 0.2) is 17.2 Å². The number of aromatic nitrogens is 1. The summed E-state index contributed by atoms with van der Waals surface area (Å²) >= 11 is 0. The van der Waals surface area contributed by atoms with Gasteiger partial charge in [-0.15, -0.1) is 6.58 Å². The Balaban J connectivity index is 2.64. The van der Waals surface area contributed by atoms with Crippen molar-refractivity contribution in [3.63, 3.8) is 0 Å². The van der Waals surface area contributed by atoms with Gasteiger partial charge in [-0.2, -0.15) is 0 Å². The third kappa shape index (κ3) is 3.70. The van der Waals surface area contributed by atoms with Crippen LogP contribution in [0.25, 0.3) is 0 Å². The molecule has 0 spiro atoms. The average Bonchev–Trinajstić information content (AvgIpc) is 2.64. The van der Waals surface area contributed by atoms with Crippen LogP contribution in [0.4, 0.5) is 0 Å². The Bertz CT molecular complexity index is 338. The van der Waals surface area contributed by atoms with E-state index in [0.717, 1.165) is 30.7 Å². The predicted octanol–water partition coefficient (Wildman–Crippen LogP) is 3.69. The lowest BCUT2D eigenvalue weighted by Gasteiger charge is -2.22. The number of nitrogens with one attached hydrogen (secondary N) is 1. The molecule has 3 nitrogen and oxygen atoms in total. The van der Waals surface area contributed by atoms with Crippen LogP contribution < -0.4 is 5.32 Å². The van der Waals surface area contributed by atoms with Crippen LogP contribution in [0.5, 0.6) is 0 Å². The molecular weight excluding hydrogens is 212 g/mol. The number of hydrogen-bond acceptors (Lipinski definition) is 3. The highest BCUT2D eigenvalue weighted by atomic mass is 16.5. The van der Waals surface area contributed by atoms with Crippen LogP contribution in [0.2, 0.25) is 0 Å². The van der Waals surface area contributed by atoms with Crippen LogP contribution in [0.1, 0.15) is 56.2 Å². The molecule has 0 amide bonds. The zero-order valence-corrected chi connectivity index (χ0v) is 11.4. The first kappa shape index (κ1) is 14.0. The second-order valence-corrected chi connectivity index (χ2v) is 4.60. The summed E-state index contributed by atoms with van der Waals surface area (Å²) < 4.78 is 5.21. The van der Waals surface area contributed by atoms with Crippen molar-refractivity contribution in [1.29, 1.82) is 0 Å². The Labute approximate surface area is 104 Å². The fourth-order valence-electron chi connectivity index (χ4n) is 2.27. The Kier molecular flexibility index (Phi) is 5.42. The molecule has 0 radical (unpaired) electrons. The molecule has 2 atom stereocenters. The molecule has 0 aliphatic heterocycles. The van der Waals surface area contributed by atoms with Crippen molar-refractivity contribution in [1.82, 2.24) is 10.5 Å². The molecule has 17 heavy (non-hydrogen) atoms. The SMILES string of the molecule is C=CCC[C@H](CC)N[C@@H](C)c1c(C)noc1C. The fourth-order valence-corrected chi connectivity index (χ4v) is 2.27. The largest absolute Gasteiger partial charge is 0.361 e. The molecule has 3 heteroatoms. The van der Waals surface area contributed by atoms with Crippen molar-refractivity contribution in [3.05, 3.63) is 29.7 Å². The van der Waals surface area contributed by atoms with Gasteiger partial charge in [-0.25, -0.2) is 0 Å².